The van der Waals surface area contributed by atoms with Crippen molar-refractivity contribution in [2.75, 3.05) is 0 Å². The first kappa shape index (κ1) is 22.6. The summed E-state index contributed by atoms with van der Waals surface area (Å²) in [6, 6.07) is 14.4. The highest BCUT2D eigenvalue weighted by Crippen LogP contribution is 2.40. The number of hydrogen-bond donors (Lipinski definition) is 0. The standard InChI is InChI=1S/C31H44/c1-3-5-7-24-8-10-25(11-9-24)12-13-26-14-17-28(18-15-26)30-21-20-29-22-27(6-4-2)16-19-31(29)23-30/h3,16,19-26,28H,1,4-15,17-18H2,2H3. The molecule has 0 N–H and O–H groups in total. The smallest absolute Gasteiger partial charge is 0.0162 e. The average molecular weight is 417 g/mol. The van der Waals surface area contributed by atoms with Gasteiger partial charge in [-0.15, -0.1) is 6.58 Å². The summed E-state index contributed by atoms with van der Waals surface area (Å²) in [5, 5.41) is 2.85. The summed E-state index contributed by atoms with van der Waals surface area (Å²) in [5.74, 6) is 3.80. The van der Waals surface area contributed by atoms with Crippen LogP contribution < -0.4 is 0 Å². The molecule has 31 heavy (non-hydrogen) atoms. The average Bonchev–Trinajstić information content (AvgIpc) is 2.82. The molecule has 2 aromatic rings. The van der Waals surface area contributed by atoms with Crippen LogP contribution in [0.15, 0.2) is 49.1 Å². The Hall–Kier alpha value is -1.56. The fourth-order valence-corrected chi connectivity index (χ4v) is 6.43. The number of hydrogen-bond acceptors (Lipinski definition) is 0. The van der Waals surface area contributed by atoms with E-state index in [2.05, 4.69) is 56.0 Å². The second-order valence-electron chi connectivity index (χ2n) is 10.7. The summed E-state index contributed by atoms with van der Waals surface area (Å²) in [6.07, 6.45) is 21.8. The molecule has 0 radical (unpaired) electrons. The van der Waals surface area contributed by atoms with Crippen molar-refractivity contribution in [2.24, 2.45) is 17.8 Å². The maximum Gasteiger partial charge on any atom is -0.0162 e. The number of allylic oxidation sites excluding steroid dienone is 1. The lowest BCUT2D eigenvalue weighted by Gasteiger charge is -2.32. The van der Waals surface area contributed by atoms with Gasteiger partial charge in [0.1, 0.15) is 0 Å². The second-order valence-corrected chi connectivity index (χ2v) is 10.7. The van der Waals surface area contributed by atoms with Crippen LogP contribution in [0.4, 0.5) is 0 Å². The van der Waals surface area contributed by atoms with Gasteiger partial charge in [-0.1, -0.05) is 94.3 Å². The van der Waals surface area contributed by atoms with Gasteiger partial charge in [-0.3, -0.25) is 0 Å². The van der Waals surface area contributed by atoms with Gasteiger partial charge in [0.2, 0.25) is 0 Å². The van der Waals surface area contributed by atoms with E-state index in [4.69, 9.17) is 0 Å². The second kappa shape index (κ2) is 11.3. The molecule has 168 valence electrons. The molecule has 0 unspecified atom stereocenters. The van der Waals surface area contributed by atoms with E-state index in [1.165, 1.54) is 106 Å². The highest BCUT2D eigenvalue weighted by Gasteiger charge is 2.25. The molecule has 0 aliphatic heterocycles. The summed E-state index contributed by atoms with van der Waals surface area (Å²) in [5.41, 5.74) is 3.07. The van der Waals surface area contributed by atoms with Crippen LogP contribution >= 0.6 is 0 Å². The molecule has 0 amide bonds. The zero-order valence-corrected chi connectivity index (χ0v) is 20.0. The van der Waals surface area contributed by atoms with Crippen LogP contribution in [0.2, 0.25) is 0 Å². The van der Waals surface area contributed by atoms with E-state index >= 15 is 0 Å². The Kier molecular flexibility index (Phi) is 8.28. The Morgan fingerprint density at radius 1 is 0.742 bits per heavy atom. The number of aryl methyl sites for hydroxylation is 1. The summed E-state index contributed by atoms with van der Waals surface area (Å²) >= 11 is 0. The van der Waals surface area contributed by atoms with Crippen LogP contribution in [0.5, 0.6) is 0 Å². The molecule has 2 saturated carbocycles. The first-order valence-corrected chi connectivity index (χ1v) is 13.4. The van der Waals surface area contributed by atoms with Crippen molar-refractivity contribution in [1.29, 1.82) is 0 Å². The van der Waals surface area contributed by atoms with Crippen LogP contribution in [0, 0.1) is 17.8 Å². The van der Waals surface area contributed by atoms with Gasteiger partial charge >= 0.3 is 0 Å². The van der Waals surface area contributed by atoms with Crippen LogP contribution in [0.25, 0.3) is 10.8 Å². The molecule has 2 fully saturated rings. The van der Waals surface area contributed by atoms with Gasteiger partial charge in [0.25, 0.3) is 0 Å². The van der Waals surface area contributed by atoms with Gasteiger partial charge in [0, 0.05) is 0 Å². The van der Waals surface area contributed by atoms with Gasteiger partial charge in [-0.2, -0.15) is 0 Å². The Bertz CT molecular complexity index is 815. The number of fused-ring (bicyclic) bond motifs is 1. The molecule has 0 bridgehead atoms. The monoisotopic (exact) mass is 416 g/mol. The van der Waals surface area contributed by atoms with Gasteiger partial charge in [0.15, 0.2) is 0 Å². The van der Waals surface area contributed by atoms with Crippen LogP contribution in [0.3, 0.4) is 0 Å². The van der Waals surface area contributed by atoms with Gasteiger partial charge in [-0.05, 0) is 90.5 Å². The van der Waals surface area contributed by atoms with Crippen LogP contribution in [-0.4, -0.2) is 0 Å². The van der Waals surface area contributed by atoms with Crippen molar-refractivity contribution in [1.82, 2.24) is 0 Å². The lowest BCUT2D eigenvalue weighted by atomic mass is 9.74. The third-order valence-electron chi connectivity index (χ3n) is 8.51. The molecule has 0 heterocycles. The van der Waals surface area contributed by atoms with E-state index < -0.39 is 0 Å². The zero-order valence-electron chi connectivity index (χ0n) is 20.0. The molecular formula is C31H44. The minimum atomic E-state index is 0.788. The van der Waals surface area contributed by atoms with E-state index in [-0.39, 0.29) is 0 Å². The largest absolute Gasteiger partial charge is 0.103 e. The summed E-state index contributed by atoms with van der Waals surface area (Å²) < 4.78 is 0. The molecule has 0 heteroatoms. The van der Waals surface area contributed by atoms with Crippen molar-refractivity contribution in [3.63, 3.8) is 0 Å². The maximum absolute atomic E-state index is 3.89. The first-order valence-electron chi connectivity index (χ1n) is 13.4. The SMILES string of the molecule is C=CCCC1CCC(CCC2CCC(c3ccc4cc(CCC)ccc4c3)CC2)CC1. The van der Waals surface area contributed by atoms with E-state index in [0.29, 0.717) is 0 Å². The summed E-state index contributed by atoms with van der Waals surface area (Å²) in [6.45, 7) is 6.15. The Morgan fingerprint density at radius 2 is 1.32 bits per heavy atom. The van der Waals surface area contributed by atoms with Crippen molar-refractivity contribution in [2.45, 2.75) is 103 Å². The quantitative estimate of drug-likeness (QED) is 0.357. The highest BCUT2D eigenvalue weighted by atomic mass is 14.3. The van der Waals surface area contributed by atoms with Gasteiger partial charge in [-0.25, -0.2) is 0 Å². The minimum Gasteiger partial charge on any atom is -0.103 e. The maximum atomic E-state index is 3.89. The first-order chi connectivity index (χ1) is 15.2. The zero-order chi connectivity index (χ0) is 21.5. The molecule has 4 rings (SSSR count). The normalized spacial score (nSPS) is 26.7. The van der Waals surface area contributed by atoms with Crippen molar-refractivity contribution in [3.8, 4) is 0 Å². The molecule has 0 saturated heterocycles. The molecule has 2 aliphatic rings. The number of benzene rings is 2. The molecule has 0 spiro atoms. The van der Waals surface area contributed by atoms with Crippen molar-refractivity contribution >= 4 is 10.8 Å². The minimum absolute atomic E-state index is 0.788. The molecule has 2 aliphatic carbocycles. The fourth-order valence-electron chi connectivity index (χ4n) is 6.43. The Labute approximate surface area is 191 Å². The topological polar surface area (TPSA) is 0 Å². The van der Waals surface area contributed by atoms with Crippen molar-refractivity contribution < 1.29 is 0 Å². The Balaban J connectivity index is 1.22. The number of rotatable bonds is 9. The van der Waals surface area contributed by atoms with Gasteiger partial charge in [0.05, 0.1) is 0 Å². The van der Waals surface area contributed by atoms with Gasteiger partial charge < -0.3 is 0 Å². The lowest BCUT2D eigenvalue weighted by molar-refractivity contribution is 0.225. The third-order valence-corrected chi connectivity index (χ3v) is 8.51. The van der Waals surface area contributed by atoms with Crippen LogP contribution in [0.1, 0.15) is 107 Å². The predicted molar refractivity (Wildman–Crippen MR) is 137 cm³/mol. The van der Waals surface area contributed by atoms with E-state index in [1.54, 1.807) is 5.56 Å². The molecule has 0 nitrogen and oxygen atoms in total. The molecular weight excluding hydrogens is 372 g/mol. The van der Waals surface area contributed by atoms with E-state index in [9.17, 15) is 0 Å². The van der Waals surface area contributed by atoms with E-state index in [1.807, 2.05) is 0 Å². The van der Waals surface area contributed by atoms with Crippen molar-refractivity contribution in [3.05, 3.63) is 60.2 Å². The molecule has 0 atom stereocenters. The summed E-state index contributed by atoms with van der Waals surface area (Å²) in [4.78, 5) is 0. The van der Waals surface area contributed by atoms with Crippen LogP contribution in [-0.2, 0) is 6.42 Å². The van der Waals surface area contributed by atoms with E-state index in [0.717, 1.165) is 23.7 Å². The lowest BCUT2D eigenvalue weighted by Crippen LogP contribution is -2.17. The fraction of sp³-hybridized carbons (Fsp3) is 0.613. The molecule has 2 aromatic carbocycles. The summed E-state index contributed by atoms with van der Waals surface area (Å²) in [7, 11) is 0. The Morgan fingerprint density at radius 3 is 1.97 bits per heavy atom. The molecule has 0 aromatic heterocycles. The predicted octanol–water partition coefficient (Wildman–Crippen LogP) is 9.62. The highest BCUT2D eigenvalue weighted by molar-refractivity contribution is 5.84. The third kappa shape index (κ3) is 6.24.